The molecule has 1 unspecified atom stereocenters. The van der Waals surface area contributed by atoms with Crippen molar-refractivity contribution < 1.29 is 9.90 Å². The molecule has 0 saturated carbocycles. The van der Waals surface area contributed by atoms with Crippen LogP contribution in [0.3, 0.4) is 0 Å². The van der Waals surface area contributed by atoms with E-state index in [9.17, 15) is 4.79 Å². The topological polar surface area (TPSA) is 43.8 Å². The lowest BCUT2D eigenvalue weighted by molar-refractivity contribution is -0.133. The van der Waals surface area contributed by atoms with Gasteiger partial charge in [0.25, 0.3) is 0 Å². The van der Waals surface area contributed by atoms with E-state index in [1.54, 1.807) is 4.90 Å². The molecule has 1 aliphatic heterocycles. The van der Waals surface area contributed by atoms with Gasteiger partial charge in [0.1, 0.15) is 0 Å². The van der Waals surface area contributed by atoms with E-state index >= 15 is 0 Å². The summed E-state index contributed by atoms with van der Waals surface area (Å²) in [6.07, 6.45) is 3.19. The van der Waals surface area contributed by atoms with Gasteiger partial charge in [0.05, 0.1) is 6.54 Å². The lowest BCUT2D eigenvalue weighted by Gasteiger charge is -2.33. The Kier molecular flexibility index (Phi) is 5.92. The fourth-order valence-corrected chi connectivity index (χ4v) is 2.30. The Balaban J connectivity index is 2.38. The predicted octanol–water partition coefficient (Wildman–Crippen LogP) is 0.948. The van der Waals surface area contributed by atoms with Crippen molar-refractivity contribution in [2.45, 2.75) is 39.2 Å². The summed E-state index contributed by atoms with van der Waals surface area (Å²) in [6.45, 7) is 6.82. The molecule has 0 aromatic heterocycles. The first-order chi connectivity index (χ1) is 8.04. The largest absolute Gasteiger partial charge is 0.396 e. The molecule has 0 aliphatic carbocycles. The first-order valence-electron chi connectivity index (χ1n) is 6.63. The van der Waals surface area contributed by atoms with E-state index in [0.717, 1.165) is 25.9 Å². The van der Waals surface area contributed by atoms with Gasteiger partial charge in [-0.25, -0.2) is 0 Å². The maximum Gasteiger partial charge on any atom is 0.236 e. The van der Waals surface area contributed by atoms with E-state index in [1.807, 2.05) is 20.9 Å². The molecule has 1 aliphatic rings. The van der Waals surface area contributed by atoms with Crippen molar-refractivity contribution in [3.8, 4) is 0 Å². The van der Waals surface area contributed by atoms with Gasteiger partial charge < -0.3 is 10.0 Å². The molecule has 1 atom stereocenters. The molecule has 0 bridgehead atoms. The Hall–Kier alpha value is -0.610. The van der Waals surface area contributed by atoms with Gasteiger partial charge in [-0.15, -0.1) is 0 Å². The number of hydrogen-bond acceptors (Lipinski definition) is 3. The van der Waals surface area contributed by atoms with Crippen LogP contribution in [0, 0.1) is 5.92 Å². The lowest BCUT2D eigenvalue weighted by atomic mass is 9.95. The SMILES string of the molecule is CC(C)N(C)C(=O)CN1CCCC(CCO)C1. The lowest BCUT2D eigenvalue weighted by Crippen LogP contribution is -2.45. The molecule has 1 amide bonds. The summed E-state index contributed by atoms with van der Waals surface area (Å²) in [4.78, 5) is 16.0. The Labute approximate surface area is 105 Å². The molecule has 0 spiro atoms. The maximum atomic E-state index is 12.0. The molecular weight excluding hydrogens is 216 g/mol. The minimum Gasteiger partial charge on any atom is -0.396 e. The first-order valence-corrected chi connectivity index (χ1v) is 6.63. The quantitative estimate of drug-likeness (QED) is 0.780. The molecule has 1 fully saturated rings. The van der Waals surface area contributed by atoms with Gasteiger partial charge in [0, 0.05) is 26.2 Å². The van der Waals surface area contributed by atoms with Gasteiger partial charge in [-0.05, 0) is 45.6 Å². The molecular formula is C13H26N2O2. The minimum absolute atomic E-state index is 0.199. The average Bonchev–Trinajstić information content (AvgIpc) is 2.28. The zero-order valence-corrected chi connectivity index (χ0v) is 11.4. The molecule has 4 heteroatoms. The van der Waals surface area contributed by atoms with Gasteiger partial charge in [-0.1, -0.05) is 0 Å². The monoisotopic (exact) mass is 242 g/mol. The number of rotatable bonds is 5. The molecule has 1 rings (SSSR count). The van der Waals surface area contributed by atoms with Crippen LogP contribution in [0.15, 0.2) is 0 Å². The van der Waals surface area contributed by atoms with Crippen LogP contribution in [0.1, 0.15) is 33.1 Å². The standard InChI is InChI=1S/C13H26N2O2/c1-11(2)14(3)13(17)10-15-7-4-5-12(9-15)6-8-16/h11-12,16H,4-10H2,1-3H3. The number of carbonyl (C=O) groups is 1. The van der Waals surface area contributed by atoms with Crippen LogP contribution in [-0.4, -0.2) is 60.1 Å². The zero-order valence-electron chi connectivity index (χ0n) is 11.4. The summed E-state index contributed by atoms with van der Waals surface area (Å²) < 4.78 is 0. The number of piperidine rings is 1. The highest BCUT2D eigenvalue weighted by atomic mass is 16.3. The van der Waals surface area contributed by atoms with Crippen LogP contribution in [0.25, 0.3) is 0 Å². The summed E-state index contributed by atoms with van der Waals surface area (Å²) in [6, 6.07) is 0.264. The summed E-state index contributed by atoms with van der Waals surface area (Å²) in [5, 5.41) is 8.95. The van der Waals surface area contributed by atoms with Crippen molar-refractivity contribution in [3.63, 3.8) is 0 Å². The summed E-state index contributed by atoms with van der Waals surface area (Å²) in [7, 11) is 1.86. The van der Waals surface area contributed by atoms with Crippen molar-refractivity contribution in [2.24, 2.45) is 5.92 Å². The molecule has 1 saturated heterocycles. The minimum atomic E-state index is 0.199. The van der Waals surface area contributed by atoms with Crippen molar-refractivity contribution in [1.82, 2.24) is 9.80 Å². The second kappa shape index (κ2) is 6.97. The van der Waals surface area contributed by atoms with Crippen LogP contribution in [-0.2, 0) is 4.79 Å². The summed E-state index contributed by atoms with van der Waals surface area (Å²) in [5.74, 6) is 0.760. The van der Waals surface area contributed by atoms with Crippen LogP contribution < -0.4 is 0 Å². The molecule has 0 radical (unpaired) electrons. The highest BCUT2D eigenvalue weighted by Crippen LogP contribution is 2.19. The number of aliphatic hydroxyl groups is 1. The Morgan fingerprint density at radius 2 is 2.24 bits per heavy atom. The van der Waals surface area contributed by atoms with Crippen molar-refractivity contribution in [2.75, 3.05) is 33.3 Å². The third-order valence-corrected chi connectivity index (χ3v) is 3.67. The molecule has 17 heavy (non-hydrogen) atoms. The zero-order chi connectivity index (χ0) is 12.8. The van der Waals surface area contributed by atoms with Crippen LogP contribution in [0.2, 0.25) is 0 Å². The highest BCUT2D eigenvalue weighted by Gasteiger charge is 2.22. The number of nitrogens with zero attached hydrogens (tertiary/aromatic N) is 2. The van der Waals surface area contributed by atoms with Crippen LogP contribution in [0.4, 0.5) is 0 Å². The second-order valence-electron chi connectivity index (χ2n) is 5.35. The van der Waals surface area contributed by atoms with E-state index in [1.165, 1.54) is 6.42 Å². The van der Waals surface area contributed by atoms with Gasteiger partial charge in [0.2, 0.25) is 5.91 Å². The average molecular weight is 242 g/mol. The normalized spacial score (nSPS) is 21.8. The van der Waals surface area contributed by atoms with E-state index in [4.69, 9.17) is 5.11 Å². The van der Waals surface area contributed by atoms with E-state index in [-0.39, 0.29) is 18.6 Å². The molecule has 0 aromatic carbocycles. The second-order valence-corrected chi connectivity index (χ2v) is 5.35. The predicted molar refractivity (Wildman–Crippen MR) is 68.8 cm³/mol. The Morgan fingerprint density at radius 1 is 1.53 bits per heavy atom. The Bertz CT molecular complexity index is 242. The highest BCUT2D eigenvalue weighted by molar-refractivity contribution is 5.78. The van der Waals surface area contributed by atoms with Gasteiger partial charge in [-0.3, -0.25) is 9.69 Å². The van der Waals surface area contributed by atoms with Gasteiger partial charge in [-0.2, -0.15) is 0 Å². The number of carbonyl (C=O) groups excluding carboxylic acids is 1. The maximum absolute atomic E-state index is 12.0. The number of hydrogen-bond donors (Lipinski definition) is 1. The number of likely N-dealkylation sites (tertiary alicyclic amines) is 1. The first kappa shape index (κ1) is 14.5. The van der Waals surface area contributed by atoms with Gasteiger partial charge in [0.15, 0.2) is 0 Å². The molecule has 0 aromatic rings. The van der Waals surface area contributed by atoms with E-state index in [0.29, 0.717) is 12.5 Å². The Morgan fingerprint density at radius 3 is 2.82 bits per heavy atom. The third-order valence-electron chi connectivity index (χ3n) is 3.67. The van der Waals surface area contributed by atoms with E-state index in [2.05, 4.69) is 4.90 Å². The molecule has 100 valence electrons. The molecule has 1 N–H and O–H groups in total. The smallest absolute Gasteiger partial charge is 0.236 e. The van der Waals surface area contributed by atoms with Gasteiger partial charge >= 0.3 is 0 Å². The third kappa shape index (κ3) is 4.64. The fraction of sp³-hybridized carbons (Fsp3) is 0.923. The number of aliphatic hydroxyl groups excluding tert-OH is 1. The molecule has 1 heterocycles. The van der Waals surface area contributed by atoms with Crippen molar-refractivity contribution >= 4 is 5.91 Å². The van der Waals surface area contributed by atoms with Crippen molar-refractivity contribution in [3.05, 3.63) is 0 Å². The van der Waals surface area contributed by atoms with Crippen LogP contribution in [0.5, 0.6) is 0 Å². The van der Waals surface area contributed by atoms with Crippen molar-refractivity contribution in [1.29, 1.82) is 0 Å². The fourth-order valence-electron chi connectivity index (χ4n) is 2.30. The number of likely N-dealkylation sites (N-methyl/N-ethyl adjacent to an activating group) is 1. The summed E-state index contributed by atoms with van der Waals surface area (Å²) >= 11 is 0. The summed E-state index contributed by atoms with van der Waals surface area (Å²) in [5.41, 5.74) is 0. The van der Waals surface area contributed by atoms with Crippen LogP contribution >= 0.6 is 0 Å². The van der Waals surface area contributed by atoms with E-state index < -0.39 is 0 Å². The molecule has 4 nitrogen and oxygen atoms in total. The number of amides is 1.